The highest BCUT2D eigenvalue weighted by Crippen LogP contribution is 2.43. The number of rotatable bonds is 5. The quantitative estimate of drug-likeness (QED) is 0.542. The molecule has 3 fully saturated rings. The molecule has 0 aliphatic carbocycles. The number of hydrogen-bond donors (Lipinski definition) is 2. The Morgan fingerprint density at radius 2 is 1.93 bits per heavy atom. The van der Waals surface area contributed by atoms with Crippen LogP contribution in [0.15, 0.2) is 12.1 Å². The maximum Gasteiger partial charge on any atom is 0.263 e. The van der Waals surface area contributed by atoms with Crippen molar-refractivity contribution in [2.75, 3.05) is 42.8 Å². The van der Waals surface area contributed by atoms with Gasteiger partial charge >= 0.3 is 0 Å². The van der Waals surface area contributed by atoms with E-state index >= 15 is 0 Å². The predicted molar refractivity (Wildman–Crippen MR) is 117 cm³/mol. The van der Waals surface area contributed by atoms with Gasteiger partial charge in [-0.25, -0.2) is 8.78 Å². The zero-order valence-corrected chi connectivity index (χ0v) is 18.1. The van der Waals surface area contributed by atoms with Gasteiger partial charge in [0.05, 0.1) is 16.5 Å². The fourth-order valence-corrected chi connectivity index (χ4v) is 5.99. The first kappa shape index (κ1) is 21.6. The van der Waals surface area contributed by atoms with Crippen LogP contribution in [0.3, 0.4) is 0 Å². The molecule has 3 saturated heterocycles. The molecule has 0 saturated carbocycles. The van der Waals surface area contributed by atoms with E-state index in [-0.39, 0.29) is 24.3 Å². The molecule has 164 valence electrons. The number of imide groups is 1. The van der Waals surface area contributed by atoms with Crippen LogP contribution in [0, 0.1) is 11.8 Å². The molecule has 2 unspecified atom stereocenters. The van der Waals surface area contributed by atoms with E-state index in [1.165, 1.54) is 0 Å². The summed E-state index contributed by atoms with van der Waals surface area (Å²) in [7, 11) is 1.94. The number of piperidine rings is 3. The van der Waals surface area contributed by atoms with E-state index in [1.807, 2.05) is 24.9 Å². The highest BCUT2D eigenvalue weighted by molar-refractivity contribution is 7.20. The second-order valence-corrected chi connectivity index (χ2v) is 9.70. The van der Waals surface area contributed by atoms with E-state index in [0.717, 1.165) is 42.5 Å². The van der Waals surface area contributed by atoms with Crippen molar-refractivity contribution >= 4 is 41.0 Å². The fraction of sp³-hybridized carbons (Fsp3) is 0.700. The molecule has 2 N–H and O–H groups in total. The normalized spacial score (nSPS) is 28.4. The Bertz CT molecular complexity index is 785. The first-order chi connectivity index (χ1) is 14.4. The summed E-state index contributed by atoms with van der Waals surface area (Å²) in [5.41, 5.74) is 0. The van der Waals surface area contributed by atoms with E-state index in [0.29, 0.717) is 25.7 Å². The molecular weight excluding hydrogens is 409 g/mol. The largest absolute Gasteiger partial charge is 0.365 e. The number of carbonyl (C=O) groups excluding carboxylic acids is 2. The highest BCUT2D eigenvalue weighted by atomic mass is 32.1. The molecule has 3 aliphatic rings. The van der Waals surface area contributed by atoms with Gasteiger partial charge < -0.3 is 15.1 Å². The molecule has 1 aromatic rings. The predicted octanol–water partition coefficient (Wildman–Crippen LogP) is 1.73. The number of nitrogens with zero attached hydrogens (tertiary/aromatic N) is 2. The minimum Gasteiger partial charge on any atom is -0.365 e. The molecule has 0 spiro atoms. The van der Waals surface area contributed by atoms with Crippen LogP contribution < -0.4 is 15.5 Å². The van der Waals surface area contributed by atoms with Crippen LogP contribution in [0.25, 0.3) is 0 Å². The van der Waals surface area contributed by atoms with Crippen LogP contribution >= 0.6 is 11.3 Å². The maximum atomic E-state index is 14.7. The molecule has 30 heavy (non-hydrogen) atoms. The molecule has 1 aromatic heterocycles. The van der Waals surface area contributed by atoms with Crippen LogP contribution in [0.5, 0.6) is 0 Å². The molecule has 2 atom stereocenters. The average molecular weight is 438 g/mol. The van der Waals surface area contributed by atoms with Crippen molar-refractivity contribution in [1.82, 2.24) is 10.2 Å². The summed E-state index contributed by atoms with van der Waals surface area (Å²) in [4.78, 5) is 27.3. The van der Waals surface area contributed by atoms with Gasteiger partial charge in [0.1, 0.15) is 13.9 Å². The Kier molecular flexibility index (Phi) is 6.34. The second kappa shape index (κ2) is 8.82. The lowest BCUT2D eigenvalue weighted by Gasteiger charge is -2.44. The lowest BCUT2D eigenvalue weighted by atomic mass is 9.76. The third-order valence-electron chi connectivity index (χ3n) is 6.75. The lowest BCUT2D eigenvalue weighted by Crippen LogP contribution is -2.52. The Morgan fingerprint density at radius 1 is 1.17 bits per heavy atom. The summed E-state index contributed by atoms with van der Waals surface area (Å²) in [6.45, 7) is 2.24. The van der Waals surface area contributed by atoms with Crippen LogP contribution in [0.2, 0.25) is 0 Å². The number of thiophene rings is 1. The van der Waals surface area contributed by atoms with Gasteiger partial charge in [0.2, 0.25) is 11.8 Å². The van der Waals surface area contributed by atoms with Gasteiger partial charge in [-0.2, -0.15) is 0 Å². The molecule has 0 radical (unpaired) electrons. The van der Waals surface area contributed by atoms with Crippen molar-refractivity contribution < 1.29 is 18.4 Å². The number of halogens is 2. The standard InChI is InChI=1S/C20H29BF2N4O2S/c21-12-26-8-7-14(20(22,23)11-26)13-5-9-27(10-6-13)18-4-3-17(30-18)24-15-1-2-16(28)25-19(15)29/h3-4,13-15,24H,1-2,5-12,21H2,(H,25,28,29). The summed E-state index contributed by atoms with van der Waals surface area (Å²) in [6.07, 6.45) is 3.70. The van der Waals surface area contributed by atoms with Gasteiger partial charge in [-0.05, 0) is 56.7 Å². The number of nitrogens with one attached hydrogen (secondary N) is 2. The Labute approximate surface area is 180 Å². The minimum absolute atomic E-state index is 0.0799. The van der Waals surface area contributed by atoms with Crippen molar-refractivity contribution in [2.45, 2.75) is 44.1 Å². The van der Waals surface area contributed by atoms with Crippen molar-refractivity contribution in [3.05, 3.63) is 12.1 Å². The fourth-order valence-electron chi connectivity index (χ4n) is 4.98. The molecule has 2 amide bonds. The third kappa shape index (κ3) is 4.64. The number of alkyl halides is 2. The molecule has 3 aliphatic heterocycles. The van der Waals surface area contributed by atoms with Crippen molar-refractivity contribution in [2.24, 2.45) is 11.8 Å². The first-order valence-corrected chi connectivity index (χ1v) is 11.7. The molecule has 4 heterocycles. The minimum atomic E-state index is -2.59. The monoisotopic (exact) mass is 438 g/mol. The van der Waals surface area contributed by atoms with Gasteiger partial charge in [-0.15, -0.1) is 11.3 Å². The van der Waals surface area contributed by atoms with Crippen molar-refractivity contribution in [3.63, 3.8) is 0 Å². The Balaban J connectivity index is 1.31. The van der Waals surface area contributed by atoms with Crippen LogP contribution in [-0.4, -0.2) is 69.1 Å². The first-order valence-electron chi connectivity index (χ1n) is 10.9. The molecule has 0 bridgehead atoms. The summed E-state index contributed by atoms with van der Waals surface area (Å²) in [5.74, 6) is -3.52. The highest BCUT2D eigenvalue weighted by Gasteiger charge is 2.48. The van der Waals surface area contributed by atoms with Crippen LogP contribution in [0.4, 0.5) is 18.8 Å². The summed E-state index contributed by atoms with van der Waals surface area (Å²) >= 11 is 1.57. The van der Waals surface area contributed by atoms with Gasteiger partial charge in [0, 0.05) is 25.4 Å². The van der Waals surface area contributed by atoms with E-state index in [9.17, 15) is 18.4 Å². The summed E-state index contributed by atoms with van der Waals surface area (Å²) in [5, 5.41) is 7.56. The Hall–Kier alpha value is -1.68. The number of anilines is 2. The number of hydrogen-bond acceptors (Lipinski definition) is 6. The second-order valence-electron chi connectivity index (χ2n) is 8.64. The van der Waals surface area contributed by atoms with E-state index in [4.69, 9.17) is 0 Å². The third-order valence-corrected chi connectivity index (χ3v) is 7.83. The molecule has 0 aromatic carbocycles. The molecule has 6 nitrogen and oxygen atoms in total. The topological polar surface area (TPSA) is 64.7 Å². The zero-order valence-electron chi connectivity index (χ0n) is 17.3. The molecule has 10 heteroatoms. The van der Waals surface area contributed by atoms with Crippen molar-refractivity contribution in [1.29, 1.82) is 0 Å². The SMILES string of the molecule is BCN1CCC(C2CCN(c3ccc(NC4CCC(=O)NC4=O)s3)CC2)C(F)(F)C1. The molecule has 4 rings (SSSR count). The summed E-state index contributed by atoms with van der Waals surface area (Å²) < 4.78 is 29.4. The van der Waals surface area contributed by atoms with Gasteiger partial charge in [-0.3, -0.25) is 14.9 Å². The smallest absolute Gasteiger partial charge is 0.263 e. The van der Waals surface area contributed by atoms with Gasteiger partial charge in [0.25, 0.3) is 5.92 Å². The van der Waals surface area contributed by atoms with Crippen molar-refractivity contribution in [3.8, 4) is 0 Å². The van der Waals surface area contributed by atoms with Crippen LogP contribution in [0.1, 0.15) is 32.1 Å². The summed E-state index contributed by atoms with van der Waals surface area (Å²) in [6, 6.07) is 3.58. The number of likely N-dealkylation sites (tertiary alicyclic amines) is 1. The van der Waals surface area contributed by atoms with Crippen LogP contribution in [-0.2, 0) is 9.59 Å². The Morgan fingerprint density at radius 3 is 2.60 bits per heavy atom. The van der Waals surface area contributed by atoms with E-state index in [1.54, 1.807) is 11.3 Å². The lowest BCUT2D eigenvalue weighted by molar-refractivity contribution is -0.133. The average Bonchev–Trinajstić information content (AvgIpc) is 3.18. The molecular formula is C20H29BF2N4O2S. The zero-order chi connectivity index (χ0) is 21.3. The maximum absolute atomic E-state index is 14.7. The van der Waals surface area contributed by atoms with Gasteiger partial charge in [-0.1, -0.05) is 0 Å². The van der Waals surface area contributed by atoms with Gasteiger partial charge in [0.15, 0.2) is 0 Å². The number of carbonyl (C=O) groups is 2. The number of amides is 2. The van der Waals surface area contributed by atoms with E-state index in [2.05, 4.69) is 15.5 Å². The van der Waals surface area contributed by atoms with E-state index < -0.39 is 17.9 Å².